The van der Waals surface area contributed by atoms with Crippen LogP contribution in [0.25, 0.3) is 37.8 Å². The van der Waals surface area contributed by atoms with Gasteiger partial charge in [-0.2, -0.15) is 13.0 Å². The Balaban J connectivity index is 1.19. The summed E-state index contributed by atoms with van der Waals surface area (Å²) < 4.78 is 35.1. The van der Waals surface area contributed by atoms with Gasteiger partial charge >= 0.3 is 0 Å². The maximum atomic E-state index is 13.0. The predicted molar refractivity (Wildman–Crippen MR) is 218 cm³/mol. The number of rotatable bonds is 10. The first-order chi connectivity index (χ1) is 24.5. The van der Waals surface area contributed by atoms with Crippen LogP contribution in [0.2, 0.25) is 0 Å². The number of hydrogen-bond acceptors (Lipinski definition) is 6. The van der Waals surface area contributed by atoms with E-state index < -0.39 is 10.1 Å². The van der Waals surface area contributed by atoms with Crippen LogP contribution in [0.3, 0.4) is 0 Å². The van der Waals surface area contributed by atoms with E-state index in [0.717, 1.165) is 74.8 Å². The fourth-order valence-corrected chi connectivity index (χ4v) is 10.5. The van der Waals surface area contributed by atoms with Crippen LogP contribution in [-0.4, -0.2) is 27.3 Å². The molecule has 51 heavy (non-hydrogen) atoms. The van der Waals surface area contributed by atoms with Crippen molar-refractivity contribution in [3.63, 3.8) is 0 Å². The Hall–Kier alpha value is -3.40. The highest BCUT2D eigenvalue weighted by atomic mass is 35.5. The van der Waals surface area contributed by atoms with E-state index in [1.165, 1.54) is 26.0 Å². The molecule has 0 atom stereocenters. The lowest BCUT2D eigenvalue weighted by atomic mass is 9.94. The van der Waals surface area contributed by atoms with Gasteiger partial charge in [0.1, 0.15) is 11.2 Å². The van der Waals surface area contributed by atoms with Crippen LogP contribution in [-0.2, 0) is 20.8 Å². The SMILES string of the molecule is CCC[n+]1c(/C=C/C2=C(Cl)C(=C/C=C3\Sc4c(ccc5ccccc45)N3CCS(=O)(=O)OCC(C)(C)C)/CCC2)sc2c3ccccc3ccc21. The zero-order valence-corrected chi connectivity index (χ0v) is 32.8. The number of aromatic nitrogens is 1. The number of nitrogens with zero attached hydrogens (tertiary/aromatic N) is 2. The number of thiazole rings is 1. The summed E-state index contributed by atoms with van der Waals surface area (Å²) in [7, 11) is -3.71. The van der Waals surface area contributed by atoms with Crippen molar-refractivity contribution in [2.45, 2.75) is 64.8 Å². The Labute approximate surface area is 315 Å². The first-order valence-electron chi connectivity index (χ1n) is 17.7. The number of benzene rings is 4. The third-order valence-electron chi connectivity index (χ3n) is 9.24. The van der Waals surface area contributed by atoms with Crippen LogP contribution in [0.1, 0.15) is 58.4 Å². The molecule has 0 saturated carbocycles. The van der Waals surface area contributed by atoms with Gasteiger partial charge in [-0.1, -0.05) is 129 Å². The Morgan fingerprint density at radius 3 is 2.41 bits per heavy atom. The molecule has 5 aromatic rings. The molecule has 264 valence electrons. The predicted octanol–water partition coefficient (Wildman–Crippen LogP) is 11.4. The van der Waals surface area contributed by atoms with Gasteiger partial charge in [0.2, 0.25) is 5.52 Å². The Bertz CT molecular complexity index is 2360. The van der Waals surface area contributed by atoms with Gasteiger partial charge in [0.05, 0.1) is 23.1 Å². The van der Waals surface area contributed by atoms with Crippen molar-refractivity contribution >= 4 is 88.3 Å². The number of fused-ring (bicyclic) bond motifs is 6. The fourth-order valence-electron chi connectivity index (χ4n) is 6.67. The highest BCUT2D eigenvalue weighted by Gasteiger charge is 2.29. The summed E-state index contributed by atoms with van der Waals surface area (Å²) in [5.74, 6) is -0.106. The third kappa shape index (κ3) is 7.86. The van der Waals surface area contributed by atoms with Gasteiger partial charge < -0.3 is 4.90 Å². The van der Waals surface area contributed by atoms with Crippen LogP contribution in [0.5, 0.6) is 0 Å². The second-order valence-electron chi connectivity index (χ2n) is 14.4. The molecule has 7 rings (SSSR count). The van der Waals surface area contributed by atoms with E-state index >= 15 is 0 Å². The highest BCUT2D eigenvalue weighted by molar-refractivity contribution is 8.04. The van der Waals surface area contributed by atoms with Gasteiger partial charge in [-0.05, 0) is 70.2 Å². The largest absolute Gasteiger partial charge is 0.334 e. The second kappa shape index (κ2) is 14.9. The molecular formula is C42H44ClN2O3S3+. The van der Waals surface area contributed by atoms with Crippen molar-refractivity contribution in [2.24, 2.45) is 5.41 Å². The summed E-state index contributed by atoms with van der Waals surface area (Å²) in [5.41, 5.74) is 4.28. The first kappa shape index (κ1) is 36.0. The number of anilines is 1. The molecule has 9 heteroatoms. The summed E-state index contributed by atoms with van der Waals surface area (Å²) in [4.78, 5) is 3.25. The molecule has 2 heterocycles. The zero-order valence-electron chi connectivity index (χ0n) is 29.6. The highest BCUT2D eigenvalue weighted by Crippen LogP contribution is 2.49. The molecule has 0 fully saturated rings. The molecule has 0 saturated heterocycles. The molecule has 0 radical (unpaired) electrons. The standard InChI is InChI=1S/C42H44ClN2O3S3/c1-5-25-44-35-21-17-29-11-6-8-15-33(29)40(35)49-37(44)23-19-31-13-10-14-32(39(31)43)20-24-38-45(26-27-51(46,47)48-28-42(2,3)4)36-22-18-30-12-7-9-16-34(30)41(36)50-38/h6-9,11-12,15-24H,5,10,13-14,25-28H2,1-4H3/q+1. The minimum Gasteiger partial charge on any atom is -0.334 e. The fraction of sp³-hybridized carbons (Fsp3) is 0.310. The summed E-state index contributed by atoms with van der Waals surface area (Å²) >= 11 is 10.7. The summed E-state index contributed by atoms with van der Waals surface area (Å²) in [6.45, 7) is 9.53. The molecule has 5 nitrogen and oxygen atoms in total. The average molecular weight is 756 g/mol. The number of thioether (sulfide) groups is 1. The number of aryl methyl sites for hydroxylation is 1. The van der Waals surface area contributed by atoms with E-state index in [2.05, 4.69) is 101 Å². The molecule has 2 aliphatic rings. The third-order valence-corrected chi connectivity index (χ3v) is 13.3. The maximum Gasteiger partial charge on any atom is 0.269 e. The summed E-state index contributed by atoms with van der Waals surface area (Å²) in [5, 5.41) is 7.88. The molecular weight excluding hydrogens is 712 g/mol. The van der Waals surface area contributed by atoms with Crippen LogP contribution >= 0.6 is 34.7 Å². The van der Waals surface area contributed by atoms with E-state index in [1.54, 1.807) is 11.8 Å². The summed E-state index contributed by atoms with van der Waals surface area (Å²) in [6.07, 6.45) is 12.6. The zero-order chi connectivity index (χ0) is 35.8. The molecule has 0 amide bonds. The molecule has 1 aliphatic carbocycles. The molecule has 0 unspecified atom stereocenters. The Morgan fingerprint density at radius 2 is 1.65 bits per heavy atom. The van der Waals surface area contributed by atoms with E-state index in [-0.39, 0.29) is 17.8 Å². The van der Waals surface area contributed by atoms with Crippen molar-refractivity contribution < 1.29 is 17.2 Å². The molecule has 0 N–H and O–H groups in total. The Morgan fingerprint density at radius 1 is 0.922 bits per heavy atom. The van der Waals surface area contributed by atoms with Gasteiger partial charge in [0.15, 0.2) is 0 Å². The van der Waals surface area contributed by atoms with Crippen LogP contribution < -0.4 is 9.47 Å². The van der Waals surface area contributed by atoms with Crippen molar-refractivity contribution in [3.05, 3.63) is 117 Å². The molecule has 1 aromatic heterocycles. The van der Waals surface area contributed by atoms with Crippen LogP contribution in [0.4, 0.5) is 5.69 Å². The van der Waals surface area contributed by atoms with Gasteiger partial charge in [0, 0.05) is 40.4 Å². The van der Waals surface area contributed by atoms with Gasteiger partial charge in [-0.3, -0.25) is 4.18 Å². The smallest absolute Gasteiger partial charge is 0.269 e. The normalized spacial score (nSPS) is 17.3. The van der Waals surface area contributed by atoms with Gasteiger partial charge in [-0.25, -0.2) is 0 Å². The number of hydrogen-bond donors (Lipinski definition) is 0. The quantitative estimate of drug-likeness (QED) is 0.105. The van der Waals surface area contributed by atoms with Crippen molar-refractivity contribution in [1.82, 2.24) is 0 Å². The second-order valence-corrected chi connectivity index (χ2v) is 18.6. The first-order valence-corrected chi connectivity index (χ1v) is 21.3. The topological polar surface area (TPSA) is 50.5 Å². The molecule has 0 bridgehead atoms. The lowest BCUT2D eigenvalue weighted by molar-refractivity contribution is -0.668. The number of allylic oxidation sites excluding steroid dienone is 6. The molecule has 1 aliphatic heterocycles. The lowest BCUT2D eigenvalue weighted by Gasteiger charge is -2.22. The Kier molecular flexibility index (Phi) is 10.5. The van der Waals surface area contributed by atoms with Gasteiger partial charge in [-0.15, -0.1) is 0 Å². The van der Waals surface area contributed by atoms with E-state index in [0.29, 0.717) is 6.54 Å². The number of halogens is 1. The van der Waals surface area contributed by atoms with Crippen molar-refractivity contribution in [3.8, 4) is 0 Å². The molecule has 0 spiro atoms. The van der Waals surface area contributed by atoms with E-state index in [9.17, 15) is 8.42 Å². The van der Waals surface area contributed by atoms with Gasteiger partial charge in [0.25, 0.3) is 15.1 Å². The summed E-state index contributed by atoms with van der Waals surface area (Å²) in [6, 6.07) is 25.6. The van der Waals surface area contributed by atoms with E-state index in [4.69, 9.17) is 15.8 Å². The average Bonchev–Trinajstić information content (AvgIpc) is 3.66. The van der Waals surface area contributed by atoms with E-state index in [1.807, 2.05) is 44.2 Å². The van der Waals surface area contributed by atoms with Crippen LogP contribution in [0.15, 0.2) is 117 Å². The van der Waals surface area contributed by atoms with Crippen molar-refractivity contribution in [1.29, 1.82) is 0 Å². The minimum atomic E-state index is -3.71. The van der Waals surface area contributed by atoms with Crippen LogP contribution in [0, 0.1) is 5.41 Å². The minimum absolute atomic E-state index is 0.106. The maximum absolute atomic E-state index is 13.0. The lowest BCUT2D eigenvalue weighted by Crippen LogP contribution is -2.34. The molecule has 4 aromatic carbocycles. The van der Waals surface area contributed by atoms with Crippen molar-refractivity contribution in [2.75, 3.05) is 23.8 Å². The monoisotopic (exact) mass is 755 g/mol.